The van der Waals surface area contributed by atoms with E-state index in [-0.39, 0.29) is 5.41 Å². The fraction of sp³-hybridized carbons (Fsp3) is 0.538. The zero-order chi connectivity index (χ0) is 10.9. The van der Waals surface area contributed by atoms with Gasteiger partial charge >= 0.3 is 0 Å². The summed E-state index contributed by atoms with van der Waals surface area (Å²) in [7, 11) is 0. The summed E-state index contributed by atoms with van der Waals surface area (Å²) in [6.45, 7) is 2.80. The third-order valence-corrected chi connectivity index (χ3v) is 3.70. The van der Waals surface area contributed by atoms with Gasteiger partial charge in [-0.05, 0) is 42.5 Å². The maximum Gasteiger partial charge on any atom is 0.116 e. The monoisotopic (exact) mass is 205 g/mol. The second-order valence-corrected chi connectivity index (χ2v) is 4.58. The van der Waals surface area contributed by atoms with Crippen molar-refractivity contribution in [2.45, 2.75) is 38.0 Å². The average Bonchev–Trinajstić information content (AvgIpc) is 2.16. The van der Waals surface area contributed by atoms with Crippen molar-refractivity contribution < 1.29 is 5.11 Å². The van der Waals surface area contributed by atoms with Gasteiger partial charge in [0, 0.05) is 12.0 Å². The van der Waals surface area contributed by atoms with E-state index in [4.69, 9.17) is 5.73 Å². The molecule has 2 rings (SSSR count). The Hall–Kier alpha value is -1.02. The van der Waals surface area contributed by atoms with Crippen LogP contribution in [0.2, 0.25) is 0 Å². The number of rotatable bonds is 3. The molecular weight excluding hydrogens is 186 g/mol. The first-order valence-electron chi connectivity index (χ1n) is 5.74. The molecular formula is C13H19NO. The van der Waals surface area contributed by atoms with Crippen molar-refractivity contribution >= 4 is 0 Å². The van der Waals surface area contributed by atoms with Gasteiger partial charge in [0.2, 0.25) is 0 Å². The van der Waals surface area contributed by atoms with Gasteiger partial charge in [-0.15, -0.1) is 0 Å². The zero-order valence-corrected chi connectivity index (χ0v) is 9.29. The summed E-state index contributed by atoms with van der Waals surface area (Å²) in [6, 6.07) is 5.92. The Morgan fingerprint density at radius 1 is 1.33 bits per heavy atom. The van der Waals surface area contributed by atoms with Gasteiger partial charge in [0.1, 0.15) is 5.75 Å². The van der Waals surface area contributed by atoms with Crippen molar-refractivity contribution in [3.63, 3.8) is 0 Å². The molecule has 3 N–H and O–H groups in total. The molecule has 82 valence electrons. The van der Waals surface area contributed by atoms with E-state index in [1.807, 2.05) is 12.1 Å². The summed E-state index contributed by atoms with van der Waals surface area (Å²) in [5.74, 6) is 0.379. The van der Waals surface area contributed by atoms with Crippen LogP contribution in [0.15, 0.2) is 18.2 Å². The Labute approximate surface area is 91.1 Å². The molecule has 0 bridgehead atoms. The quantitative estimate of drug-likeness (QED) is 0.795. The summed E-state index contributed by atoms with van der Waals surface area (Å²) in [4.78, 5) is 0. The minimum atomic E-state index is 0.155. The van der Waals surface area contributed by atoms with Crippen LogP contribution in [0.4, 0.5) is 0 Å². The van der Waals surface area contributed by atoms with Crippen molar-refractivity contribution in [1.82, 2.24) is 0 Å². The molecule has 0 aliphatic heterocycles. The van der Waals surface area contributed by atoms with Gasteiger partial charge in [0.05, 0.1) is 0 Å². The molecule has 1 aromatic rings. The maximum absolute atomic E-state index is 9.66. The molecule has 0 unspecified atom stereocenters. The number of phenols is 1. The number of aryl methyl sites for hydroxylation is 1. The number of aromatic hydroxyl groups is 1. The van der Waals surface area contributed by atoms with Gasteiger partial charge < -0.3 is 10.8 Å². The molecule has 0 radical (unpaired) electrons. The van der Waals surface area contributed by atoms with Crippen molar-refractivity contribution in [3.05, 3.63) is 29.3 Å². The van der Waals surface area contributed by atoms with Gasteiger partial charge in [0.25, 0.3) is 0 Å². The molecule has 15 heavy (non-hydrogen) atoms. The fourth-order valence-electron chi connectivity index (χ4n) is 2.40. The Morgan fingerprint density at radius 3 is 2.53 bits per heavy atom. The lowest BCUT2D eigenvalue weighted by Gasteiger charge is -2.41. The molecule has 2 nitrogen and oxygen atoms in total. The van der Waals surface area contributed by atoms with Gasteiger partial charge in [-0.3, -0.25) is 0 Å². The van der Waals surface area contributed by atoms with Crippen LogP contribution in [0.3, 0.4) is 0 Å². The number of hydrogen-bond acceptors (Lipinski definition) is 2. The maximum atomic E-state index is 9.66. The molecule has 1 aliphatic rings. The van der Waals surface area contributed by atoms with Crippen molar-refractivity contribution in [2.75, 3.05) is 6.54 Å². The largest absolute Gasteiger partial charge is 0.508 e. The Morgan fingerprint density at radius 2 is 2.07 bits per heavy atom. The number of benzene rings is 1. The van der Waals surface area contributed by atoms with Crippen LogP contribution in [0.25, 0.3) is 0 Å². The van der Waals surface area contributed by atoms with E-state index in [0.717, 1.165) is 19.3 Å². The van der Waals surface area contributed by atoms with E-state index in [2.05, 4.69) is 13.0 Å². The molecule has 1 fully saturated rings. The molecule has 1 aliphatic carbocycles. The molecule has 1 aromatic carbocycles. The molecule has 0 saturated heterocycles. The molecule has 1 saturated carbocycles. The second-order valence-electron chi connectivity index (χ2n) is 4.58. The highest BCUT2D eigenvalue weighted by molar-refractivity contribution is 5.39. The molecule has 0 heterocycles. The van der Waals surface area contributed by atoms with Crippen LogP contribution in [0.1, 0.15) is 37.3 Å². The second kappa shape index (κ2) is 3.86. The van der Waals surface area contributed by atoms with E-state index in [0.29, 0.717) is 12.3 Å². The van der Waals surface area contributed by atoms with Crippen molar-refractivity contribution in [3.8, 4) is 5.75 Å². The smallest absolute Gasteiger partial charge is 0.116 e. The predicted octanol–water partition coefficient (Wildman–Crippen LogP) is 2.33. The van der Waals surface area contributed by atoms with Gasteiger partial charge in [-0.1, -0.05) is 19.4 Å². The summed E-state index contributed by atoms with van der Waals surface area (Å²) in [5.41, 5.74) is 8.44. The fourth-order valence-corrected chi connectivity index (χ4v) is 2.40. The van der Waals surface area contributed by atoms with Crippen molar-refractivity contribution in [2.24, 2.45) is 5.73 Å². The molecule has 0 amide bonds. The van der Waals surface area contributed by atoms with E-state index in [1.54, 1.807) is 0 Å². The van der Waals surface area contributed by atoms with Crippen LogP contribution in [-0.4, -0.2) is 11.7 Å². The summed E-state index contributed by atoms with van der Waals surface area (Å²) in [6.07, 6.45) is 4.54. The highest BCUT2D eigenvalue weighted by atomic mass is 16.3. The zero-order valence-electron chi connectivity index (χ0n) is 9.29. The summed E-state index contributed by atoms with van der Waals surface area (Å²) >= 11 is 0. The summed E-state index contributed by atoms with van der Waals surface area (Å²) in [5, 5.41) is 9.66. The summed E-state index contributed by atoms with van der Waals surface area (Å²) < 4.78 is 0. The van der Waals surface area contributed by atoms with E-state index >= 15 is 0 Å². The predicted molar refractivity (Wildman–Crippen MR) is 62.1 cm³/mol. The lowest BCUT2D eigenvalue weighted by Crippen LogP contribution is -2.41. The average molecular weight is 205 g/mol. The third-order valence-electron chi connectivity index (χ3n) is 3.70. The molecule has 0 spiro atoms. The lowest BCUT2D eigenvalue weighted by atomic mass is 9.64. The number of hydrogen-bond donors (Lipinski definition) is 2. The lowest BCUT2D eigenvalue weighted by molar-refractivity contribution is 0.252. The van der Waals surface area contributed by atoms with E-state index < -0.39 is 0 Å². The highest BCUT2D eigenvalue weighted by Crippen LogP contribution is 2.43. The Kier molecular flexibility index (Phi) is 2.70. The van der Waals surface area contributed by atoms with Crippen LogP contribution < -0.4 is 5.73 Å². The number of phenolic OH excluding ortho intramolecular Hbond substituents is 1. The molecule has 0 aromatic heterocycles. The van der Waals surface area contributed by atoms with Gasteiger partial charge in [-0.2, -0.15) is 0 Å². The first kappa shape index (κ1) is 10.5. The standard InChI is InChI=1S/C13H19NO/c1-2-10-6-11(8-12(15)7-10)13(9-14)4-3-5-13/h6-8,15H,2-5,9,14H2,1H3. The van der Waals surface area contributed by atoms with Crippen LogP contribution >= 0.6 is 0 Å². The Balaban J connectivity index is 2.38. The van der Waals surface area contributed by atoms with Crippen molar-refractivity contribution in [1.29, 1.82) is 0 Å². The van der Waals surface area contributed by atoms with E-state index in [1.165, 1.54) is 17.5 Å². The topological polar surface area (TPSA) is 46.2 Å². The third kappa shape index (κ3) is 1.74. The SMILES string of the molecule is CCc1cc(O)cc(C2(CN)CCC2)c1. The van der Waals surface area contributed by atoms with Crippen LogP contribution in [0, 0.1) is 0 Å². The minimum Gasteiger partial charge on any atom is -0.508 e. The Bertz CT molecular complexity index is 350. The first-order valence-corrected chi connectivity index (χ1v) is 5.74. The molecule has 0 atom stereocenters. The van der Waals surface area contributed by atoms with Gasteiger partial charge in [-0.25, -0.2) is 0 Å². The van der Waals surface area contributed by atoms with Gasteiger partial charge in [0.15, 0.2) is 0 Å². The minimum absolute atomic E-state index is 0.155. The normalized spacial score (nSPS) is 18.5. The van der Waals surface area contributed by atoms with E-state index in [9.17, 15) is 5.11 Å². The number of nitrogens with two attached hydrogens (primary N) is 1. The highest BCUT2D eigenvalue weighted by Gasteiger charge is 2.37. The van der Waals surface area contributed by atoms with Crippen LogP contribution in [-0.2, 0) is 11.8 Å². The van der Waals surface area contributed by atoms with Crippen LogP contribution in [0.5, 0.6) is 5.75 Å². The first-order chi connectivity index (χ1) is 7.20. The molecule has 2 heteroatoms.